The molecule has 0 amide bonds. The lowest BCUT2D eigenvalue weighted by atomic mass is 10.1. The van der Waals surface area contributed by atoms with Crippen LogP contribution >= 0.6 is 11.6 Å². The van der Waals surface area contributed by atoms with Crippen molar-refractivity contribution in [1.82, 2.24) is 0 Å². The van der Waals surface area contributed by atoms with Gasteiger partial charge in [-0.1, -0.05) is 29.3 Å². The van der Waals surface area contributed by atoms with Gasteiger partial charge in [0.2, 0.25) is 0 Å². The van der Waals surface area contributed by atoms with Crippen LogP contribution in [0.5, 0.6) is 0 Å². The van der Waals surface area contributed by atoms with E-state index in [1.807, 2.05) is 49.2 Å². The van der Waals surface area contributed by atoms with Crippen LogP contribution in [-0.4, -0.2) is 7.05 Å². The highest BCUT2D eigenvalue weighted by Gasteiger charge is 2.09. The van der Waals surface area contributed by atoms with Crippen molar-refractivity contribution < 1.29 is 0 Å². The Morgan fingerprint density at radius 1 is 1.11 bits per heavy atom. The van der Waals surface area contributed by atoms with Gasteiger partial charge in [0.05, 0.1) is 11.3 Å². The van der Waals surface area contributed by atoms with Crippen molar-refractivity contribution in [3.63, 3.8) is 0 Å². The average Bonchev–Trinajstić information content (AvgIpc) is 2.38. The van der Waals surface area contributed by atoms with Crippen LogP contribution in [-0.2, 0) is 0 Å². The molecule has 2 aromatic rings. The Morgan fingerprint density at radius 2 is 1.78 bits per heavy atom. The number of anilines is 2. The van der Waals surface area contributed by atoms with E-state index in [4.69, 9.17) is 16.9 Å². The Morgan fingerprint density at radius 3 is 2.39 bits per heavy atom. The van der Waals surface area contributed by atoms with Crippen LogP contribution in [0.1, 0.15) is 11.1 Å². The molecule has 18 heavy (non-hydrogen) atoms. The van der Waals surface area contributed by atoms with Gasteiger partial charge in [-0.2, -0.15) is 5.26 Å². The molecule has 0 spiro atoms. The first kappa shape index (κ1) is 12.5. The number of rotatable bonds is 2. The zero-order chi connectivity index (χ0) is 13.1. The molecule has 0 aliphatic rings. The minimum absolute atomic E-state index is 0.575. The van der Waals surface area contributed by atoms with Gasteiger partial charge in [0, 0.05) is 17.8 Å². The fourth-order valence-corrected chi connectivity index (χ4v) is 1.97. The fourth-order valence-electron chi connectivity index (χ4n) is 1.80. The molecule has 2 aromatic carbocycles. The molecule has 2 rings (SSSR count). The van der Waals surface area contributed by atoms with Crippen LogP contribution in [0.3, 0.4) is 0 Å². The van der Waals surface area contributed by atoms with E-state index in [1.165, 1.54) is 5.56 Å². The maximum absolute atomic E-state index is 9.15. The van der Waals surface area contributed by atoms with Crippen LogP contribution in [0.15, 0.2) is 42.5 Å². The van der Waals surface area contributed by atoms with Gasteiger partial charge in [0.25, 0.3) is 0 Å². The van der Waals surface area contributed by atoms with Gasteiger partial charge in [-0.25, -0.2) is 0 Å². The number of aryl methyl sites for hydroxylation is 1. The molecular weight excluding hydrogens is 244 g/mol. The Bertz CT molecular complexity index is 597. The molecule has 0 saturated heterocycles. The van der Waals surface area contributed by atoms with Gasteiger partial charge in [-0.15, -0.1) is 0 Å². The average molecular weight is 257 g/mol. The molecule has 0 N–H and O–H groups in total. The Hall–Kier alpha value is -1.98. The summed E-state index contributed by atoms with van der Waals surface area (Å²) in [6, 6.07) is 15.7. The molecule has 0 unspecified atom stereocenters. The second-order valence-electron chi connectivity index (χ2n) is 4.17. The van der Waals surface area contributed by atoms with E-state index in [2.05, 4.69) is 6.07 Å². The molecule has 0 aliphatic carbocycles. The standard InChI is InChI=1S/C15H13ClN2/c1-11-3-6-14(7-4-11)18(2)15-8-5-13(16)9-12(15)10-17/h3-9H,1-2H3. The van der Waals surface area contributed by atoms with Crippen LogP contribution in [0, 0.1) is 18.3 Å². The van der Waals surface area contributed by atoms with E-state index in [0.717, 1.165) is 11.4 Å². The highest BCUT2D eigenvalue weighted by molar-refractivity contribution is 6.30. The van der Waals surface area contributed by atoms with Gasteiger partial charge >= 0.3 is 0 Å². The number of nitriles is 1. The Labute approximate surface area is 112 Å². The normalized spacial score (nSPS) is 9.89. The van der Waals surface area contributed by atoms with Crippen molar-refractivity contribution in [1.29, 1.82) is 5.26 Å². The van der Waals surface area contributed by atoms with Crippen molar-refractivity contribution in [3.8, 4) is 6.07 Å². The monoisotopic (exact) mass is 256 g/mol. The molecule has 90 valence electrons. The first-order valence-electron chi connectivity index (χ1n) is 5.62. The van der Waals surface area contributed by atoms with E-state index in [0.29, 0.717) is 10.6 Å². The minimum atomic E-state index is 0.575. The summed E-state index contributed by atoms with van der Waals surface area (Å²) in [5.41, 5.74) is 3.68. The van der Waals surface area contributed by atoms with Gasteiger partial charge in [-0.3, -0.25) is 0 Å². The number of halogens is 1. The highest BCUT2D eigenvalue weighted by Crippen LogP contribution is 2.28. The number of benzene rings is 2. The smallest absolute Gasteiger partial charge is 0.101 e. The van der Waals surface area contributed by atoms with Gasteiger partial charge in [0.15, 0.2) is 0 Å². The van der Waals surface area contributed by atoms with Crippen molar-refractivity contribution in [3.05, 3.63) is 58.6 Å². The third-order valence-electron chi connectivity index (χ3n) is 2.86. The van der Waals surface area contributed by atoms with Crippen molar-refractivity contribution in [2.24, 2.45) is 0 Å². The Kier molecular flexibility index (Phi) is 3.55. The molecule has 0 atom stereocenters. The molecule has 0 heterocycles. The molecular formula is C15H13ClN2. The third kappa shape index (κ3) is 2.47. The first-order valence-corrected chi connectivity index (χ1v) is 5.99. The maximum Gasteiger partial charge on any atom is 0.101 e. The van der Waals surface area contributed by atoms with E-state index in [1.54, 1.807) is 12.1 Å². The summed E-state index contributed by atoms with van der Waals surface area (Å²) >= 11 is 5.90. The van der Waals surface area contributed by atoms with Crippen LogP contribution in [0.2, 0.25) is 5.02 Å². The number of nitrogens with zero attached hydrogens (tertiary/aromatic N) is 2. The van der Waals surface area contributed by atoms with Crippen molar-refractivity contribution in [2.45, 2.75) is 6.92 Å². The summed E-state index contributed by atoms with van der Waals surface area (Å²) < 4.78 is 0. The Balaban J connectivity index is 2.43. The molecule has 2 nitrogen and oxygen atoms in total. The molecule has 0 aromatic heterocycles. The largest absolute Gasteiger partial charge is 0.344 e. The van der Waals surface area contributed by atoms with Crippen LogP contribution < -0.4 is 4.90 Å². The predicted octanol–water partition coefficient (Wildman–Crippen LogP) is 4.29. The van der Waals surface area contributed by atoms with E-state index < -0.39 is 0 Å². The molecule has 0 bridgehead atoms. The summed E-state index contributed by atoms with van der Waals surface area (Å²) in [6.07, 6.45) is 0. The van der Waals surface area contributed by atoms with Crippen LogP contribution in [0.4, 0.5) is 11.4 Å². The zero-order valence-corrected chi connectivity index (χ0v) is 11.1. The van der Waals surface area contributed by atoms with E-state index in [-0.39, 0.29) is 0 Å². The summed E-state index contributed by atoms with van der Waals surface area (Å²) in [6.45, 7) is 2.05. The molecule has 0 fully saturated rings. The summed E-state index contributed by atoms with van der Waals surface area (Å²) in [5, 5.41) is 9.72. The van der Waals surface area contributed by atoms with Gasteiger partial charge < -0.3 is 4.90 Å². The number of hydrogen-bond donors (Lipinski definition) is 0. The summed E-state index contributed by atoms with van der Waals surface area (Å²) in [5.74, 6) is 0. The molecule has 3 heteroatoms. The highest BCUT2D eigenvalue weighted by atomic mass is 35.5. The SMILES string of the molecule is Cc1ccc(N(C)c2ccc(Cl)cc2C#N)cc1. The second kappa shape index (κ2) is 5.12. The fraction of sp³-hybridized carbons (Fsp3) is 0.133. The van der Waals surface area contributed by atoms with Gasteiger partial charge in [0.1, 0.15) is 6.07 Å². The summed E-state index contributed by atoms with van der Waals surface area (Å²) in [4.78, 5) is 1.98. The van der Waals surface area contributed by atoms with Crippen LogP contribution in [0.25, 0.3) is 0 Å². The minimum Gasteiger partial charge on any atom is -0.344 e. The predicted molar refractivity (Wildman–Crippen MR) is 75.4 cm³/mol. The topological polar surface area (TPSA) is 27.0 Å². The third-order valence-corrected chi connectivity index (χ3v) is 3.10. The maximum atomic E-state index is 9.15. The van der Waals surface area contributed by atoms with Crippen molar-refractivity contribution >= 4 is 23.0 Å². The van der Waals surface area contributed by atoms with E-state index in [9.17, 15) is 0 Å². The lowest BCUT2D eigenvalue weighted by molar-refractivity contribution is 1.20. The van der Waals surface area contributed by atoms with Crippen molar-refractivity contribution in [2.75, 3.05) is 11.9 Å². The lowest BCUT2D eigenvalue weighted by Gasteiger charge is -2.21. The first-order chi connectivity index (χ1) is 8.61. The van der Waals surface area contributed by atoms with Gasteiger partial charge in [-0.05, 0) is 37.3 Å². The lowest BCUT2D eigenvalue weighted by Crippen LogP contribution is -2.10. The summed E-state index contributed by atoms with van der Waals surface area (Å²) in [7, 11) is 1.94. The zero-order valence-electron chi connectivity index (χ0n) is 10.3. The quantitative estimate of drug-likeness (QED) is 0.802. The van der Waals surface area contributed by atoms with E-state index >= 15 is 0 Å². The number of hydrogen-bond acceptors (Lipinski definition) is 2. The second-order valence-corrected chi connectivity index (χ2v) is 4.60. The molecule has 0 saturated carbocycles. The molecule has 0 radical (unpaired) electrons. The molecule has 0 aliphatic heterocycles.